The number of amides is 1. The summed E-state index contributed by atoms with van der Waals surface area (Å²) in [5, 5.41) is 1.27. The number of para-hydroxylation sites is 1. The third-order valence-corrected chi connectivity index (χ3v) is 9.61. The number of aromatic nitrogens is 1. The molecule has 0 spiro atoms. The smallest absolute Gasteiger partial charge is 0.255 e. The van der Waals surface area contributed by atoms with Crippen LogP contribution in [0.25, 0.3) is 10.9 Å². The van der Waals surface area contributed by atoms with Gasteiger partial charge in [0.2, 0.25) is 0 Å². The van der Waals surface area contributed by atoms with Gasteiger partial charge in [-0.2, -0.15) is 0 Å². The highest BCUT2D eigenvalue weighted by Gasteiger charge is 2.56. The highest BCUT2D eigenvalue weighted by atomic mass is 16.2. The molecule has 164 valence electrons. The monoisotopic (exact) mass is 424 g/mol. The number of benzene rings is 2. The Morgan fingerprint density at radius 1 is 0.875 bits per heavy atom. The molecule has 3 nitrogen and oxygen atoms in total. The van der Waals surface area contributed by atoms with Gasteiger partial charge in [0.1, 0.15) is 0 Å². The van der Waals surface area contributed by atoms with Gasteiger partial charge in [-0.1, -0.05) is 36.4 Å². The van der Waals surface area contributed by atoms with Gasteiger partial charge in [0.15, 0.2) is 0 Å². The first-order valence-corrected chi connectivity index (χ1v) is 12.5. The molecule has 2 unspecified atom stereocenters. The van der Waals surface area contributed by atoms with Gasteiger partial charge < -0.3 is 9.47 Å². The van der Waals surface area contributed by atoms with Gasteiger partial charge in [-0.05, 0) is 86.3 Å². The molecule has 0 N–H and O–H groups in total. The number of rotatable bonds is 3. The fourth-order valence-corrected chi connectivity index (χ4v) is 8.63. The summed E-state index contributed by atoms with van der Waals surface area (Å²) < 4.78 is 2.23. The third kappa shape index (κ3) is 2.45. The lowest BCUT2D eigenvalue weighted by Gasteiger charge is -2.60. The number of hydrogen-bond donors (Lipinski definition) is 0. The molecule has 2 atom stereocenters. The third-order valence-electron chi connectivity index (χ3n) is 9.61. The van der Waals surface area contributed by atoms with Gasteiger partial charge in [0.25, 0.3) is 5.91 Å². The Bertz CT molecular complexity index is 1200. The molecule has 4 saturated carbocycles. The standard InChI is InChI=1S/C29H32N2O/c1-18(29-14-19-11-20(15-29)13-21(12-19)16-29)31-27(23-8-3-4-9-24(23)28(31)32)25-17-30(2)26-10-6-5-7-22(25)26/h3-10,17-21,27H,11-16H2,1-2H3. The van der Waals surface area contributed by atoms with Gasteiger partial charge in [-0.3, -0.25) is 4.79 Å². The fourth-order valence-electron chi connectivity index (χ4n) is 8.63. The van der Waals surface area contributed by atoms with Crippen LogP contribution in [0.5, 0.6) is 0 Å². The number of fused-ring (bicyclic) bond motifs is 2. The molecule has 1 aromatic heterocycles. The Morgan fingerprint density at radius 2 is 1.50 bits per heavy atom. The predicted octanol–water partition coefficient (Wildman–Crippen LogP) is 6.33. The van der Waals surface area contributed by atoms with Gasteiger partial charge in [-0.15, -0.1) is 0 Å². The Labute approximate surface area is 190 Å². The molecule has 8 rings (SSSR count). The predicted molar refractivity (Wildman–Crippen MR) is 127 cm³/mol. The SMILES string of the molecule is CC(N1C(=O)c2ccccc2C1c1cn(C)c2ccccc12)C12CC3CC(CC(C3)C1)C2. The van der Waals surface area contributed by atoms with Crippen molar-refractivity contribution < 1.29 is 4.79 Å². The maximum absolute atomic E-state index is 14.0. The van der Waals surface area contributed by atoms with Crippen LogP contribution < -0.4 is 0 Å². The van der Waals surface area contributed by atoms with Crippen molar-refractivity contribution in [2.45, 2.75) is 57.5 Å². The van der Waals surface area contributed by atoms with Crippen molar-refractivity contribution in [1.29, 1.82) is 0 Å². The van der Waals surface area contributed by atoms with Crippen LogP contribution in [0.4, 0.5) is 0 Å². The number of nitrogens with zero attached hydrogens (tertiary/aromatic N) is 2. The molecule has 3 heteroatoms. The van der Waals surface area contributed by atoms with E-state index in [1.54, 1.807) is 0 Å². The summed E-state index contributed by atoms with van der Waals surface area (Å²) in [5.41, 5.74) is 4.90. The minimum atomic E-state index is 0.00723. The van der Waals surface area contributed by atoms with Crippen molar-refractivity contribution >= 4 is 16.8 Å². The molecular formula is C29H32N2O. The van der Waals surface area contributed by atoms with E-state index in [9.17, 15) is 4.79 Å². The summed E-state index contributed by atoms with van der Waals surface area (Å²) in [6, 6.07) is 17.3. The van der Waals surface area contributed by atoms with E-state index < -0.39 is 0 Å². The highest BCUT2D eigenvalue weighted by Crippen LogP contribution is 2.63. The Morgan fingerprint density at radius 3 is 2.22 bits per heavy atom. The molecule has 2 heterocycles. The average Bonchev–Trinajstić information content (AvgIpc) is 3.27. The second-order valence-electron chi connectivity index (χ2n) is 11.4. The topological polar surface area (TPSA) is 25.2 Å². The van der Waals surface area contributed by atoms with Crippen molar-refractivity contribution in [3.63, 3.8) is 0 Å². The summed E-state index contributed by atoms with van der Waals surface area (Å²) >= 11 is 0. The maximum Gasteiger partial charge on any atom is 0.255 e. The first-order chi connectivity index (χ1) is 15.5. The zero-order valence-corrected chi connectivity index (χ0v) is 19.1. The molecular weight excluding hydrogens is 392 g/mol. The van der Waals surface area contributed by atoms with E-state index >= 15 is 0 Å². The normalized spacial score (nSPS) is 33.8. The number of carbonyl (C=O) groups is 1. The molecule has 32 heavy (non-hydrogen) atoms. The lowest BCUT2D eigenvalue weighted by molar-refractivity contribution is -0.0929. The molecule has 1 amide bonds. The Balaban J connectivity index is 1.39. The van der Waals surface area contributed by atoms with Gasteiger partial charge in [0, 0.05) is 41.3 Å². The van der Waals surface area contributed by atoms with Crippen LogP contribution in [0.2, 0.25) is 0 Å². The van der Waals surface area contributed by atoms with Gasteiger partial charge >= 0.3 is 0 Å². The largest absolute Gasteiger partial charge is 0.350 e. The van der Waals surface area contributed by atoms with Crippen LogP contribution in [0.1, 0.15) is 73.0 Å². The molecule has 3 aromatic rings. The Kier molecular flexibility index (Phi) is 3.85. The highest BCUT2D eigenvalue weighted by molar-refractivity contribution is 6.01. The molecule has 1 aliphatic heterocycles. The summed E-state index contributed by atoms with van der Waals surface area (Å²) in [5.74, 6) is 2.90. The van der Waals surface area contributed by atoms with E-state index in [4.69, 9.17) is 0 Å². The quantitative estimate of drug-likeness (QED) is 0.482. The molecule has 4 fully saturated rings. The molecule has 5 aliphatic rings. The maximum atomic E-state index is 14.0. The van der Waals surface area contributed by atoms with Gasteiger partial charge in [-0.25, -0.2) is 0 Å². The van der Waals surface area contributed by atoms with Crippen LogP contribution >= 0.6 is 0 Å². The first-order valence-electron chi connectivity index (χ1n) is 12.5. The molecule has 4 aliphatic carbocycles. The second-order valence-corrected chi connectivity index (χ2v) is 11.4. The van der Waals surface area contributed by atoms with Crippen molar-refractivity contribution in [3.8, 4) is 0 Å². The molecule has 2 aromatic carbocycles. The summed E-state index contributed by atoms with van der Waals surface area (Å²) in [7, 11) is 2.13. The zero-order valence-electron chi connectivity index (χ0n) is 19.1. The lowest BCUT2D eigenvalue weighted by atomic mass is 9.47. The summed E-state index contributed by atoms with van der Waals surface area (Å²) in [6.45, 7) is 2.38. The van der Waals surface area contributed by atoms with E-state index in [0.717, 1.165) is 23.3 Å². The zero-order chi connectivity index (χ0) is 21.6. The summed E-state index contributed by atoms with van der Waals surface area (Å²) in [4.78, 5) is 16.3. The van der Waals surface area contributed by atoms with Crippen LogP contribution in [0.15, 0.2) is 54.7 Å². The minimum absolute atomic E-state index is 0.00723. The average molecular weight is 425 g/mol. The van der Waals surface area contributed by atoms with Crippen molar-refractivity contribution in [3.05, 3.63) is 71.4 Å². The van der Waals surface area contributed by atoms with Gasteiger partial charge in [0.05, 0.1) is 6.04 Å². The Hall–Kier alpha value is -2.55. The van der Waals surface area contributed by atoms with Crippen molar-refractivity contribution in [1.82, 2.24) is 9.47 Å². The van der Waals surface area contributed by atoms with Crippen molar-refractivity contribution in [2.75, 3.05) is 0 Å². The van der Waals surface area contributed by atoms with E-state index in [1.807, 2.05) is 12.1 Å². The molecule has 0 radical (unpaired) electrons. The lowest BCUT2D eigenvalue weighted by Crippen LogP contribution is -2.56. The fraction of sp³-hybridized carbons (Fsp3) is 0.483. The second kappa shape index (κ2) is 6.50. The summed E-state index contributed by atoms with van der Waals surface area (Å²) in [6.07, 6.45) is 10.5. The number of carbonyl (C=O) groups excluding carboxylic acids is 1. The van der Waals surface area contributed by atoms with Crippen LogP contribution in [0.3, 0.4) is 0 Å². The molecule has 0 saturated heterocycles. The van der Waals surface area contributed by atoms with Crippen LogP contribution in [-0.2, 0) is 7.05 Å². The van der Waals surface area contributed by atoms with Crippen LogP contribution in [0, 0.1) is 23.2 Å². The van der Waals surface area contributed by atoms with Crippen molar-refractivity contribution in [2.24, 2.45) is 30.2 Å². The van der Waals surface area contributed by atoms with E-state index in [-0.39, 0.29) is 18.0 Å². The molecule has 4 bridgehead atoms. The number of aryl methyl sites for hydroxylation is 1. The van der Waals surface area contributed by atoms with Crippen LogP contribution in [-0.4, -0.2) is 21.4 Å². The first kappa shape index (κ1) is 19.0. The van der Waals surface area contributed by atoms with E-state index in [2.05, 4.69) is 66.0 Å². The van der Waals surface area contributed by atoms with E-state index in [1.165, 1.54) is 60.6 Å². The minimum Gasteiger partial charge on any atom is -0.350 e. The number of hydrogen-bond acceptors (Lipinski definition) is 1. The van der Waals surface area contributed by atoms with E-state index in [0.29, 0.717) is 5.41 Å².